The van der Waals surface area contributed by atoms with Crippen LogP contribution in [0.2, 0.25) is 0 Å². The summed E-state index contributed by atoms with van der Waals surface area (Å²) in [6.45, 7) is 4.46. The number of sulfonamides is 1. The van der Waals surface area contributed by atoms with E-state index in [0.717, 1.165) is 18.5 Å². The second-order valence-corrected chi connectivity index (χ2v) is 11.1. The summed E-state index contributed by atoms with van der Waals surface area (Å²) < 4.78 is 47.7. The zero-order valence-electron chi connectivity index (χ0n) is 19.4. The number of rotatable bonds is 9. The lowest BCUT2D eigenvalue weighted by molar-refractivity contribution is -0.134. The monoisotopic (exact) mass is 508 g/mol. The van der Waals surface area contributed by atoms with Crippen LogP contribution >= 0.6 is 11.8 Å². The van der Waals surface area contributed by atoms with Gasteiger partial charge in [-0.15, -0.1) is 11.8 Å². The number of carboxylic acid groups (broad SMARTS) is 1. The number of halogens is 1. The molecule has 0 aliphatic carbocycles. The maximum Gasteiger partial charge on any atom is 0.368 e. The molecule has 0 saturated heterocycles. The van der Waals surface area contributed by atoms with Gasteiger partial charge in [0, 0.05) is 31.4 Å². The molecule has 184 valence electrons. The zero-order chi connectivity index (χ0) is 24.9. The maximum absolute atomic E-state index is 13.7. The predicted octanol–water partition coefficient (Wildman–Crippen LogP) is 5.40. The van der Waals surface area contributed by atoms with E-state index in [1.165, 1.54) is 22.1 Å². The number of anilines is 2. The van der Waals surface area contributed by atoms with Crippen molar-refractivity contribution in [2.24, 2.45) is 0 Å². The van der Waals surface area contributed by atoms with E-state index < -0.39 is 21.8 Å². The summed E-state index contributed by atoms with van der Waals surface area (Å²) in [7, 11) is -2.34. The quantitative estimate of drug-likeness (QED) is 0.276. The molecule has 1 heterocycles. The Labute approximate surface area is 204 Å². The van der Waals surface area contributed by atoms with Crippen LogP contribution in [0.3, 0.4) is 0 Å². The molecule has 0 aromatic heterocycles. The number of ether oxygens (including phenoxy) is 1. The summed E-state index contributed by atoms with van der Waals surface area (Å²) in [6.07, 6.45) is 3.01. The largest absolute Gasteiger partial charge is 0.476 e. The highest BCUT2D eigenvalue weighted by Crippen LogP contribution is 2.44. The minimum atomic E-state index is -3.92. The third-order valence-corrected chi connectivity index (χ3v) is 8.49. The number of fused-ring (bicyclic) bond motifs is 1. The molecule has 0 saturated carbocycles. The smallest absolute Gasteiger partial charge is 0.368 e. The summed E-state index contributed by atoms with van der Waals surface area (Å²) in [4.78, 5) is 13.4. The van der Waals surface area contributed by atoms with Gasteiger partial charge in [0.15, 0.2) is 0 Å². The summed E-state index contributed by atoms with van der Waals surface area (Å²) in [5, 5.41) is 8.80. The highest BCUT2D eigenvalue weighted by molar-refractivity contribution is 7.99. The fourth-order valence-corrected chi connectivity index (χ4v) is 6.13. The number of nitrogens with zero attached hydrogens (tertiary/aromatic N) is 2. The van der Waals surface area contributed by atoms with Crippen molar-refractivity contribution in [1.82, 2.24) is 4.31 Å². The maximum atomic E-state index is 13.7. The second kappa shape index (κ2) is 11.2. The first kappa shape index (κ1) is 26.1. The Hall–Kier alpha value is -2.56. The van der Waals surface area contributed by atoms with Gasteiger partial charge in [-0.3, -0.25) is 0 Å². The van der Waals surface area contributed by atoms with Crippen LogP contribution in [0.25, 0.3) is 0 Å². The molecule has 2 aromatic carbocycles. The van der Waals surface area contributed by atoms with Crippen LogP contribution in [0.4, 0.5) is 15.8 Å². The van der Waals surface area contributed by atoms with Crippen LogP contribution in [-0.4, -0.2) is 49.2 Å². The molecule has 7 nitrogen and oxygen atoms in total. The molecule has 0 unspecified atom stereocenters. The highest BCUT2D eigenvalue weighted by Gasteiger charge is 2.37. The standard InChI is InChI=1S/C24H29FN2O5S2/c1-4-6-10-18-15-27(17-11-8-7-9-12-17)20-13-22(33-5-2)21(32-16-19(25)24(28)29)14-23(20)34(30,31)26(18)3/h7-9,11-14,16,18H,4-6,10,15H2,1-3H3,(H,28,29)/b19-16-/t18-/m1/s1. The first-order valence-corrected chi connectivity index (χ1v) is 13.5. The van der Waals surface area contributed by atoms with E-state index in [1.54, 1.807) is 13.1 Å². The van der Waals surface area contributed by atoms with Crippen molar-refractivity contribution in [3.63, 3.8) is 0 Å². The molecule has 1 aliphatic heterocycles. The number of thioether (sulfide) groups is 1. The first-order chi connectivity index (χ1) is 16.2. The molecule has 0 radical (unpaired) electrons. The fraction of sp³-hybridized carbons (Fsp3) is 0.375. The van der Waals surface area contributed by atoms with Gasteiger partial charge in [0.25, 0.3) is 0 Å². The van der Waals surface area contributed by atoms with Gasteiger partial charge in [0.1, 0.15) is 16.9 Å². The second-order valence-electron chi connectivity index (χ2n) is 7.85. The molecule has 0 fully saturated rings. The van der Waals surface area contributed by atoms with E-state index in [9.17, 15) is 17.6 Å². The number of carboxylic acids is 1. The van der Waals surface area contributed by atoms with Crippen LogP contribution in [0.5, 0.6) is 5.75 Å². The van der Waals surface area contributed by atoms with E-state index in [4.69, 9.17) is 9.84 Å². The number of para-hydroxylation sites is 1. The van der Waals surface area contributed by atoms with Crippen LogP contribution in [0.15, 0.2) is 64.3 Å². The molecule has 0 amide bonds. The van der Waals surface area contributed by atoms with E-state index in [-0.39, 0.29) is 16.7 Å². The van der Waals surface area contributed by atoms with Gasteiger partial charge >= 0.3 is 5.97 Å². The summed E-state index contributed by atoms with van der Waals surface area (Å²) in [5.74, 6) is -2.51. The van der Waals surface area contributed by atoms with E-state index in [1.807, 2.05) is 42.2 Å². The number of aliphatic carboxylic acids is 1. The summed E-state index contributed by atoms with van der Waals surface area (Å²) in [6, 6.07) is 12.4. The minimum Gasteiger partial charge on any atom is -0.476 e. The first-order valence-electron chi connectivity index (χ1n) is 11.1. The minimum absolute atomic E-state index is 0.0254. The highest BCUT2D eigenvalue weighted by atomic mass is 32.2. The Bertz CT molecular complexity index is 1160. The zero-order valence-corrected chi connectivity index (χ0v) is 21.0. The molecule has 10 heteroatoms. The lowest BCUT2D eigenvalue weighted by atomic mass is 10.1. The number of carbonyl (C=O) groups is 1. The molecule has 1 N–H and O–H groups in total. The van der Waals surface area contributed by atoms with Crippen LogP contribution in [0, 0.1) is 0 Å². The predicted molar refractivity (Wildman–Crippen MR) is 132 cm³/mol. The Morgan fingerprint density at radius 1 is 1.26 bits per heavy atom. The lowest BCUT2D eigenvalue weighted by Gasteiger charge is -2.29. The number of likely N-dealkylation sites (N-methyl/N-ethyl adjacent to an activating group) is 1. The summed E-state index contributed by atoms with van der Waals surface area (Å²) >= 11 is 1.40. The van der Waals surface area contributed by atoms with E-state index in [2.05, 4.69) is 6.92 Å². The van der Waals surface area contributed by atoms with Crippen LogP contribution in [-0.2, 0) is 14.8 Å². The van der Waals surface area contributed by atoms with Crippen molar-refractivity contribution < 1.29 is 27.4 Å². The van der Waals surface area contributed by atoms with Crippen LogP contribution in [0.1, 0.15) is 33.1 Å². The molecule has 1 aliphatic rings. The Morgan fingerprint density at radius 2 is 1.97 bits per heavy atom. The average Bonchev–Trinajstić information content (AvgIpc) is 2.90. The lowest BCUT2D eigenvalue weighted by Crippen LogP contribution is -2.40. The van der Waals surface area contributed by atoms with Crippen LogP contribution < -0.4 is 9.64 Å². The third kappa shape index (κ3) is 5.56. The van der Waals surface area contributed by atoms with Gasteiger partial charge in [-0.25, -0.2) is 13.2 Å². The third-order valence-electron chi connectivity index (χ3n) is 5.63. The van der Waals surface area contributed by atoms with Crippen molar-refractivity contribution in [1.29, 1.82) is 0 Å². The molecule has 0 bridgehead atoms. The molecule has 3 rings (SSSR count). The number of benzene rings is 2. The average molecular weight is 509 g/mol. The number of hydrogen-bond donors (Lipinski definition) is 1. The van der Waals surface area contributed by atoms with Gasteiger partial charge in [-0.2, -0.15) is 8.70 Å². The SMILES string of the molecule is CCCC[C@@H]1CN(c2ccccc2)c2cc(SCC)c(O/C=C(\F)C(=O)O)cc2S(=O)(=O)N1C. The van der Waals surface area contributed by atoms with Crippen molar-refractivity contribution in [3.05, 3.63) is 54.6 Å². The molecular weight excluding hydrogens is 479 g/mol. The van der Waals surface area contributed by atoms with Gasteiger partial charge in [0.2, 0.25) is 15.9 Å². The summed E-state index contributed by atoms with van der Waals surface area (Å²) in [5.41, 5.74) is 1.36. The number of hydrogen-bond acceptors (Lipinski definition) is 6. The van der Waals surface area contributed by atoms with Crippen molar-refractivity contribution in [3.8, 4) is 5.75 Å². The van der Waals surface area contributed by atoms with Gasteiger partial charge in [0.05, 0.1) is 10.6 Å². The molecular formula is C24H29FN2O5S2. The molecule has 1 atom stereocenters. The van der Waals surface area contributed by atoms with Gasteiger partial charge < -0.3 is 14.7 Å². The molecule has 0 spiro atoms. The Kier molecular flexibility index (Phi) is 8.62. The van der Waals surface area contributed by atoms with Gasteiger partial charge in [-0.1, -0.05) is 44.9 Å². The fourth-order valence-electron chi connectivity index (χ4n) is 3.81. The van der Waals surface area contributed by atoms with Crippen molar-refractivity contribution in [2.45, 2.75) is 48.9 Å². The Morgan fingerprint density at radius 3 is 2.59 bits per heavy atom. The van der Waals surface area contributed by atoms with Gasteiger partial charge in [-0.05, 0) is 30.4 Å². The van der Waals surface area contributed by atoms with E-state index in [0.29, 0.717) is 35.6 Å². The van der Waals surface area contributed by atoms with E-state index >= 15 is 0 Å². The molecule has 2 aromatic rings. The normalized spacial score (nSPS) is 18.3. The van der Waals surface area contributed by atoms with Crippen molar-refractivity contribution >= 4 is 39.1 Å². The Balaban J connectivity index is 2.23. The number of unbranched alkanes of at least 4 members (excludes halogenated alkanes) is 1. The molecule has 34 heavy (non-hydrogen) atoms. The topological polar surface area (TPSA) is 87.1 Å². The van der Waals surface area contributed by atoms with Crippen molar-refractivity contribution in [2.75, 3.05) is 24.2 Å².